The Morgan fingerprint density at radius 3 is 2.65 bits per heavy atom. The molecule has 23 heavy (non-hydrogen) atoms. The average Bonchev–Trinajstić information content (AvgIpc) is 2.84. The number of nitrogens with one attached hydrogen (secondary N) is 1. The number of rotatable bonds is 4. The molecule has 0 saturated carbocycles. The SMILES string of the molecule is CC(C)Cn1ccnc1NC(=O)c1ccc(F)c(C(F)(F)F)c1. The molecule has 1 heterocycles. The maximum atomic E-state index is 13.2. The van der Waals surface area contributed by atoms with Crippen LogP contribution in [0.15, 0.2) is 30.6 Å². The summed E-state index contributed by atoms with van der Waals surface area (Å²) in [6.45, 7) is 4.54. The molecule has 0 unspecified atom stereocenters. The molecule has 1 N–H and O–H groups in total. The lowest BCUT2D eigenvalue weighted by molar-refractivity contribution is -0.140. The molecular formula is C15H15F4N3O. The normalized spacial score (nSPS) is 11.8. The fourth-order valence-corrected chi connectivity index (χ4v) is 2.03. The van der Waals surface area contributed by atoms with E-state index < -0.39 is 23.5 Å². The molecular weight excluding hydrogens is 314 g/mol. The van der Waals surface area contributed by atoms with Crippen LogP contribution in [0.2, 0.25) is 0 Å². The van der Waals surface area contributed by atoms with Crippen molar-refractivity contribution in [1.29, 1.82) is 0 Å². The molecule has 0 aliphatic rings. The van der Waals surface area contributed by atoms with Crippen molar-refractivity contribution in [3.05, 3.63) is 47.5 Å². The number of benzene rings is 1. The summed E-state index contributed by atoms with van der Waals surface area (Å²) in [5.74, 6) is -1.69. The van der Waals surface area contributed by atoms with Gasteiger partial charge in [0.15, 0.2) is 0 Å². The molecule has 0 saturated heterocycles. The Morgan fingerprint density at radius 1 is 1.35 bits per heavy atom. The van der Waals surface area contributed by atoms with Gasteiger partial charge < -0.3 is 4.57 Å². The minimum atomic E-state index is -4.86. The molecule has 0 atom stereocenters. The number of hydrogen-bond acceptors (Lipinski definition) is 2. The van der Waals surface area contributed by atoms with Crippen LogP contribution in [0.1, 0.15) is 29.8 Å². The Bertz CT molecular complexity index is 707. The summed E-state index contributed by atoms with van der Waals surface area (Å²) in [5, 5.41) is 2.43. The number of carbonyl (C=O) groups is 1. The summed E-state index contributed by atoms with van der Waals surface area (Å²) in [6.07, 6.45) is -1.73. The van der Waals surface area contributed by atoms with Gasteiger partial charge in [-0.05, 0) is 24.1 Å². The van der Waals surface area contributed by atoms with Crippen molar-refractivity contribution in [2.45, 2.75) is 26.6 Å². The van der Waals surface area contributed by atoms with Gasteiger partial charge in [-0.1, -0.05) is 13.8 Å². The first-order valence-corrected chi connectivity index (χ1v) is 6.87. The van der Waals surface area contributed by atoms with Crippen molar-refractivity contribution in [1.82, 2.24) is 9.55 Å². The summed E-state index contributed by atoms with van der Waals surface area (Å²) in [6, 6.07) is 2.11. The second-order valence-electron chi connectivity index (χ2n) is 5.44. The smallest absolute Gasteiger partial charge is 0.317 e. The van der Waals surface area contributed by atoms with Crippen LogP contribution < -0.4 is 5.32 Å². The third kappa shape index (κ3) is 4.08. The van der Waals surface area contributed by atoms with E-state index in [1.54, 1.807) is 10.8 Å². The Labute approximate surface area is 130 Å². The van der Waals surface area contributed by atoms with Gasteiger partial charge in [-0.2, -0.15) is 13.2 Å². The molecule has 2 aromatic rings. The Hall–Kier alpha value is -2.38. The molecule has 124 valence electrons. The first-order chi connectivity index (χ1) is 10.7. The molecule has 0 fully saturated rings. The van der Waals surface area contributed by atoms with Gasteiger partial charge in [0, 0.05) is 24.5 Å². The first-order valence-electron chi connectivity index (χ1n) is 6.87. The van der Waals surface area contributed by atoms with Crippen molar-refractivity contribution in [3.63, 3.8) is 0 Å². The van der Waals surface area contributed by atoms with Crippen LogP contribution in [0.5, 0.6) is 0 Å². The van der Waals surface area contributed by atoms with Gasteiger partial charge in [-0.3, -0.25) is 10.1 Å². The molecule has 8 heteroatoms. The molecule has 2 rings (SSSR count). The quantitative estimate of drug-likeness (QED) is 0.864. The van der Waals surface area contributed by atoms with Gasteiger partial charge in [-0.15, -0.1) is 0 Å². The van der Waals surface area contributed by atoms with Crippen molar-refractivity contribution < 1.29 is 22.4 Å². The maximum absolute atomic E-state index is 13.2. The van der Waals surface area contributed by atoms with Gasteiger partial charge in [-0.25, -0.2) is 9.37 Å². The molecule has 0 bridgehead atoms. The predicted molar refractivity (Wildman–Crippen MR) is 76.4 cm³/mol. The minimum absolute atomic E-state index is 0.224. The average molecular weight is 329 g/mol. The lowest BCUT2D eigenvalue weighted by atomic mass is 10.1. The van der Waals surface area contributed by atoms with Crippen LogP contribution in [-0.2, 0) is 12.7 Å². The first kappa shape index (κ1) is 17.0. The highest BCUT2D eigenvalue weighted by Gasteiger charge is 2.34. The number of alkyl halides is 3. The van der Waals surface area contributed by atoms with Gasteiger partial charge in [0.05, 0.1) is 5.56 Å². The van der Waals surface area contributed by atoms with Crippen LogP contribution in [0, 0.1) is 11.7 Å². The van der Waals surface area contributed by atoms with Crippen molar-refractivity contribution in [2.24, 2.45) is 5.92 Å². The molecule has 4 nitrogen and oxygen atoms in total. The van der Waals surface area contributed by atoms with E-state index in [0.717, 1.165) is 6.07 Å². The van der Waals surface area contributed by atoms with E-state index in [2.05, 4.69) is 10.3 Å². The monoisotopic (exact) mass is 329 g/mol. The highest BCUT2D eigenvalue weighted by Crippen LogP contribution is 2.32. The number of hydrogen-bond donors (Lipinski definition) is 1. The summed E-state index contributed by atoms with van der Waals surface area (Å²) in [5.41, 5.74) is -1.77. The summed E-state index contributed by atoms with van der Waals surface area (Å²) >= 11 is 0. The van der Waals surface area contributed by atoms with Crippen molar-refractivity contribution in [3.8, 4) is 0 Å². The highest BCUT2D eigenvalue weighted by atomic mass is 19.4. The van der Waals surface area contributed by atoms with E-state index in [4.69, 9.17) is 0 Å². The van der Waals surface area contributed by atoms with E-state index in [0.29, 0.717) is 24.6 Å². The Morgan fingerprint density at radius 2 is 2.04 bits per heavy atom. The highest BCUT2D eigenvalue weighted by molar-refractivity contribution is 6.03. The zero-order valence-electron chi connectivity index (χ0n) is 12.5. The van der Waals surface area contributed by atoms with Gasteiger partial charge >= 0.3 is 6.18 Å². The van der Waals surface area contributed by atoms with E-state index in [1.807, 2.05) is 13.8 Å². The second kappa shape index (κ2) is 6.39. The summed E-state index contributed by atoms with van der Waals surface area (Å²) < 4.78 is 53.0. The number of anilines is 1. The minimum Gasteiger partial charge on any atom is -0.317 e. The fourth-order valence-electron chi connectivity index (χ4n) is 2.03. The van der Waals surface area contributed by atoms with Gasteiger partial charge in [0.25, 0.3) is 5.91 Å². The number of carbonyl (C=O) groups excluding carboxylic acids is 1. The van der Waals surface area contributed by atoms with Crippen LogP contribution in [0.25, 0.3) is 0 Å². The molecule has 1 aromatic carbocycles. The van der Waals surface area contributed by atoms with Crippen molar-refractivity contribution >= 4 is 11.9 Å². The topological polar surface area (TPSA) is 46.9 Å². The van der Waals surface area contributed by atoms with Gasteiger partial charge in [0.1, 0.15) is 5.82 Å². The number of amides is 1. The Kier molecular flexibility index (Phi) is 4.72. The number of nitrogens with zero attached hydrogens (tertiary/aromatic N) is 2. The van der Waals surface area contributed by atoms with Crippen molar-refractivity contribution in [2.75, 3.05) is 5.32 Å². The van der Waals surface area contributed by atoms with E-state index in [1.165, 1.54) is 6.20 Å². The predicted octanol–water partition coefficient (Wildman–Crippen LogP) is 3.95. The van der Waals surface area contributed by atoms with Crippen LogP contribution in [0.4, 0.5) is 23.5 Å². The zero-order valence-corrected chi connectivity index (χ0v) is 12.5. The van der Waals surface area contributed by atoms with E-state index in [9.17, 15) is 22.4 Å². The summed E-state index contributed by atoms with van der Waals surface area (Å²) in [4.78, 5) is 16.0. The zero-order chi connectivity index (χ0) is 17.2. The van der Waals surface area contributed by atoms with Gasteiger partial charge in [0.2, 0.25) is 5.95 Å². The van der Waals surface area contributed by atoms with E-state index in [-0.39, 0.29) is 11.5 Å². The number of imidazole rings is 1. The molecule has 1 amide bonds. The lowest BCUT2D eigenvalue weighted by Crippen LogP contribution is -2.18. The third-order valence-corrected chi connectivity index (χ3v) is 3.04. The number of halogens is 4. The molecule has 0 aliphatic carbocycles. The molecule has 1 aromatic heterocycles. The number of aromatic nitrogens is 2. The standard InChI is InChI=1S/C15H15F4N3O/c1-9(2)8-22-6-5-20-14(22)21-13(23)10-3-4-12(16)11(7-10)15(17,18)19/h3-7,9H,8H2,1-2H3,(H,20,21,23). The maximum Gasteiger partial charge on any atom is 0.419 e. The van der Waals surface area contributed by atoms with E-state index >= 15 is 0 Å². The molecule has 0 spiro atoms. The second-order valence-corrected chi connectivity index (χ2v) is 5.44. The fraction of sp³-hybridized carbons (Fsp3) is 0.333. The van der Waals surface area contributed by atoms with Crippen LogP contribution in [-0.4, -0.2) is 15.5 Å². The Balaban J connectivity index is 2.24. The molecule has 0 aliphatic heterocycles. The van der Waals surface area contributed by atoms with Crippen LogP contribution in [0.3, 0.4) is 0 Å². The molecule has 0 radical (unpaired) electrons. The largest absolute Gasteiger partial charge is 0.419 e. The summed E-state index contributed by atoms with van der Waals surface area (Å²) in [7, 11) is 0. The third-order valence-electron chi connectivity index (χ3n) is 3.04. The lowest BCUT2D eigenvalue weighted by Gasteiger charge is -2.12. The van der Waals surface area contributed by atoms with Crippen LogP contribution >= 0.6 is 0 Å².